The number of nitrogens with two attached hydrogens (primary N) is 2. The standard InChI is InChI=1S/C17H33N3O2/c1-12(2)8-15(9-13(3)4)16(22)10-14(11-21)6-5-7-20-17(18)19/h11-15H,5-10H2,1-4H3,(H4,18,19,20). The van der Waals surface area contributed by atoms with E-state index in [0.717, 1.165) is 19.1 Å². The third-order valence-electron chi connectivity index (χ3n) is 3.65. The van der Waals surface area contributed by atoms with Gasteiger partial charge in [0.15, 0.2) is 5.96 Å². The molecule has 1 atom stereocenters. The Morgan fingerprint density at radius 1 is 1.09 bits per heavy atom. The number of ketones is 1. The number of hydrogen-bond donors (Lipinski definition) is 2. The summed E-state index contributed by atoms with van der Waals surface area (Å²) in [7, 11) is 0. The third-order valence-corrected chi connectivity index (χ3v) is 3.65. The minimum atomic E-state index is -0.219. The summed E-state index contributed by atoms with van der Waals surface area (Å²) in [6.07, 6.45) is 4.41. The summed E-state index contributed by atoms with van der Waals surface area (Å²) in [6, 6.07) is 0. The molecule has 0 spiro atoms. The lowest BCUT2D eigenvalue weighted by Gasteiger charge is -2.21. The average molecular weight is 311 g/mol. The Hall–Kier alpha value is -1.39. The summed E-state index contributed by atoms with van der Waals surface area (Å²) in [5.41, 5.74) is 10.5. The molecule has 0 aliphatic heterocycles. The highest BCUT2D eigenvalue weighted by Crippen LogP contribution is 2.24. The van der Waals surface area contributed by atoms with Gasteiger partial charge in [0.1, 0.15) is 12.1 Å². The summed E-state index contributed by atoms with van der Waals surface area (Å²) in [5, 5.41) is 0. The van der Waals surface area contributed by atoms with Gasteiger partial charge in [-0.05, 0) is 37.5 Å². The lowest BCUT2D eigenvalue weighted by atomic mass is 9.82. The number of carbonyl (C=O) groups is 2. The van der Waals surface area contributed by atoms with Crippen molar-refractivity contribution in [3.8, 4) is 0 Å². The first kappa shape index (κ1) is 20.6. The molecule has 0 aromatic rings. The van der Waals surface area contributed by atoms with Crippen LogP contribution in [0.4, 0.5) is 0 Å². The van der Waals surface area contributed by atoms with Gasteiger partial charge in [-0.1, -0.05) is 27.7 Å². The van der Waals surface area contributed by atoms with Gasteiger partial charge in [-0.15, -0.1) is 0 Å². The van der Waals surface area contributed by atoms with Crippen molar-refractivity contribution >= 4 is 18.0 Å². The van der Waals surface area contributed by atoms with Crippen LogP contribution >= 0.6 is 0 Å². The Morgan fingerprint density at radius 3 is 2.05 bits per heavy atom. The molecule has 128 valence electrons. The van der Waals surface area contributed by atoms with Crippen molar-refractivity contribution < 1.29 is 9.59 Å². The lowest BCUT2D eigenvalue weighted by Crippen LogP contribution is -2.23. The molecular weight excluding hydrogens is 278 g/mol. The van der Waals surface area contributed by atoms with Crippen LogP contribution in [0.15, 0.2) is 4.99 Å². The Bertz CT molecular complexity index is 351. The highest BCUT2D eigenvalue weighted by Gasteiger charge is 2.23. The fourth-order valence-corrected chi connectivity index (χ4v) is 2.70. The number of guanidine groups is 1. The minimum absolute atomic E-state index is 0.0626. The van der Waals surface area contributed by atoms with Crippen LogP contribution in [0.5, 0.6) is 0 Å². The summed E-state index contributed by atoms with van der Waals surface area (Å²) in [5.74, 6) is 1.12. The fraction of sp³-hybridized carbons (Fsp3) is 0.824. The molecule has 0 aromatic carbocycles. The topological polar surface area (TPSA) is 98.5 Å². The van der Waals surface area contributed by atoms with Crippen molar-refractivity contribution in [3.05, 3.63) is 0 Å². The van der Waals surface area contributed by atoms with Gasteiger partial charge < -0.3 is 16.3 Å². The van der Waals surface area contributed by atoms with Crippen molar-refractivity contribution in [2.45, 2.75) is 59.8 Å². The number of nitrogens with zero attached hydrogens (tertiary/aromatic N) is 1. The Morgan fingerprint density at radius 2 is 1.64 bits per heavy atom. The number of rotatable bonds is 12. The zero-order valence-electron chi connectivity index (χ0n) is 14.5. The normalized spacial score (nSPS) is 12.7. The molecule has 5 nitrogen and oxygen atoms in total. The van der Waals surface area contributed by atoms with Crippen LogP contribution in [-0.4, -0.2) is 24.6 Å². The van der Waals surface area contributed by atoms with Gasteiger partial charge in [0.2, 0.25) is 0 Å². The van der Waals surface area contributed by atoms with Crippen LogP contribution in [0.3, 0.4) is 0 Å². The maximum Gasteiger partial charge on any atom is 0.185 e. The molecule has 0 bridgehead atoms. The van der Waals surface area contributed by atoms with E-state index in [4.69, 9.17) is 11.5 Å². The number of aldehydes is 1. The van der Waals surface area contributed by atoms with Gasteiger partial charge in [-0.3, -0.25) is 9.79 Å². The molecule has 22 heavy (non-hydrogen) atoms. The van der Waals surface area contributed by atoms with Gasteiger partial charge in [0, 0.05) is 24.8 Å². The molecule has 0 aliphatic rings. The van der Waals surface area contributed by atoms with Gasteiger partial charge in [0.05, 0.1) is 0 Å². The van der Waals surface area contributed by atoms with Crippen molar-refractivity contribution in [3.63, 3.8) is 0 Å². The van der Waals surface area contributed by atoms with E-state index in [1.54, 1.807) is 0 Å². The van der Waals surface area contributed by atoms with Crippen LogP contribution in [0.25, 0.3) is 0 Å². The van der Waals surface area contributed by atoms with Crippen LogP contribution in [-0.2, 0) is 9.59 Å². The van der Waals surface area contributed by atoms with Crippen molar-refractivity contribution in [2.24, 2.45) is 40.1 Å². The number of hydrogen-bond acceptors (Lipinski definition) is 3. The van der Waals surface area contributed by atoms with Gasteiger partial charge in [-0.2, -0.15) is 0 Å². The number of aliphatic imine (C=N–C) groups is 1. The van der Waals surface area contributed by atoms with Crippen LogP contribution < -0.4 is 11.5 Å². The predicted molar refractivity (Wildman–Crippen MR) is 91.5 cm³/mol. The van der Waals surface area contributed by atoms with E-state index >= 15 is 0 Å². The van der Waals surface area contributed by atoms with Crippen LogP contribution in [0.2, 0.25) is 0 Å². The second-order valence-corrected chi connectivity index (χ2v) is 6.97. The first-order valence-electron chi connectivity index (χ1n) is 8.29. The molecular formula is C17H33N3O2. The molecule has 5 heteroatoms. The first-order chi connectivity index (χ1) is 10.3. The van der Waals surface area contributed by atoms with Gasteiger partial charge in [0.25, 0.3) is 0 Å². The molecule has 0 rings (SSSR count). The molecule has 0 amide bonds. The van der Waals surface area contributed by atoms with E-state index < -0.39 is 0 Å². The quantitative estimate of drug-likeness (QED) is 0.250. The average Bonchev–Trinajstić information content (AvgIpc) is 2.39. The SMILES string of the molecule is CC(C)CC(CC(C)C)C(=O)CC(C=O)CCCN=C(N)N. The maximum absolute atomic E-state index is 12.5. The maximum atomic E-state index is 12.5. The summed E-state index contributed by atoms with van der Waals surface area (Å²) in [4.78, 5) is 27.6. The minimum Gasteiger partial charge on any atom is -0.370 e. The molecule has 0 aliphatic carbocycles. The molecule has 1 unspecified atom stereocenters. The molecule has 0 saturated carbocycles. The monoisotopic (exact) mass is 311 g/mol. The largest absolute Gasteiger partial charge is 0.370 e. The molecule has 0 heterocycles. The van der Waals surface area contributed by atoms with Crippen molar-refractivity contribution in [1.82, 2.24) is 0 Å². The highest BCUT2D eigenvalue weighted by molar-refractivity contribution is 5.83. The molecule has 4 N–H and O–H groups in total. The van der Waals surface area contributed by atoms with Gasteiger partial charge >= 0.3 is 0 Å². The molecule has 0 aromatic heterocycles. The second-order valence-electron chi connectivity index (χ2n) is 6.97. The first-order valence-corrected chi connectivity index (χ1v) is 8.29. The van der Waals surface area contributed by atoms with E-state index in [-0.39, 0.29) is 23.6 Å². The van der Waals surface area contributed by atoms with Gasteiger partial charge in [-0.25, -0.2) is 0 Å². The Balaban J connectivity index is 4.45. The number of Topliss-reactive ketones (excluding diaryl/α,β-unsaturated/α-hetero) is 1. The predicted octanol–water partition coefficient (Wildman–Crippen LogP) is 2.52. The van der Waals surface area contributed by atoms with Crippen LogP contribution in [0.1, 0.15) is 59.8 Å². The Labute approximate surface area is 134 Å². The van der Waals surface area contributed by atoms with E-state index in [9.17, 15) is 9.59 Å². The molecule has 0 fully saturated rings. The Kier molecular flexibility index (Phi) is 10.5. The van der Waals surface area contributed by atoms with E-state index in [2.05, 4.69) is 32.7 Å². The van der Waals surface area contributed by atoms with E-state index in [1.807, 2.05) is 0 Å². The molecule has 0 saturated heterocycles. The van der Waals surface area contributed by atoms with E-state index in [0.29, 0.717) is 37.6 Å². The summed E-state index contributed by atoms with van der Waals surface area (Å²) in [6.45, 7) is 9.03. The second kappa shape index (κ2) is 11.2. The van der Waals surface area contributed by atoms with Crippen molar-refractivity contribution in [1.29, 1.82) is 0 Å². The number of carbonyl (C=O) groups excluding carboxylic acids is 2. The zero-order valence-corrected chi connectivity index (χ0v) is 14.5. The fourth-order valence-electron chi connectivity index (χ4n) is 2.70. The lowest BCUT2D eigenvalue weighted by molar-refractivity contribution is -0.127. The smallest absolute Gasteiger partial charge is 0.185 e. The van der Waals surface area contributed by atoms with Crippen molar-refractivity contribution in [2.75, 3.05) is 6.54 Å². The third kappa shape index (κ3) is 10.4. The van der Waals surface area contributed by atoms with E-state index in [1.165, 1.54) is 0 Å². The van der Waals surface area contributed by atoms with Crippen LogP contribution in [0, 0.1) is 23.7 Å². The highest BCUT2D eigenvalue weighted by atomic mass is 16.1. The zero-order chi connectivity index (χ0) is 17.1. The molecule has 0 radical (unpaired) electrons. The summed E-state index contributed by atoms with van der Waals surface area (Å²) >= 11 is 0. The summed E-state index contributed by atoms with van der Waals surface area (Å²) < 4.78 is 0.